The molecule has 1 saturated carbocycles. The molecule has 0 aromatic heterocycles. The number of aliphatic hydroxyl groups is 2. The van der Waals surface area contributed by atoms with Crippen molar-refractivity contribution < 1.29 is 10.2 Å². The summed E-state index contributed by atoms with van der Waals surface area (Å²) in [6.45, 7) is 3.83. The molecular formula is C8H16O2. The van der Waals surface area contributed by atoms with Crippen LogP contribution in [0.15, 0.2) is 0 Å². The molecule has 0 aliphatic heterocycles. The average molecular weight is 144 g/mol. The van der Waals surface area contributed by atoms with Gasteiger partial charge >= 0.3 is 0 Å². The number of rotatable bonds is 0. The number of aliphatic hydroxyl groups excluding tert-OH is 1. The fourth-order valence-electron chi connectivity index (χ4n) is 1.68. The van der Waals surface area contributed by atoms with E-state index in [1.54, 1.807) is 0 Å². The second kappa shape index (κ2) is 2.51. The summed E-state index contributed by atoms with van der Waals surface area (Å²) in [4.78, 5) is 0. The maximum absolute atomic E-state index is 9.55. The Morgan fingerprint density at radius 2 is 2.10 bits per heavy atom. The van der Waals surface area contributed by atoms with Crippen LogP contribution in [0.4, 0.5) is 0 Å². The summed E-state index contributed by atoms with van der Waals surface area (Å²) in [7, 11) is 0. The smallest absolute Gasteiger partial charge is 0.0624 e. The van der Waals surface area contributed by atoms with Crippen LogP contribution in [0.2, 0.25) is 0 Å². The lowest BCUT2D eigenvalue weighted by molar-refractivity contribution is -0.0468. The van der Waals surface area contributed by atoms with Gasteiger partial charge in [-0.3, -0.25) is 0 Å². The van der Waals surface area contributed by atoms with Gasteiger partial charge in [-0.2, -0.15) is 0 Å². The minimum absolute atomic E-state index is 0.194. The maximum atomic E-state index is 9.55. The van der Waals surface area contributed by atoms with E-state index in [9.17, 15) is 10.2 Å². The Kier molecular flexibility index (Phi) is 2.02. The summed E-state index contributed by atoms with van der Waals surface area (Å²) in [6, 6.07) is 0. The van der Waals surface area contributed by atoms with Crippen molar-refractivity contribution in [2.75, 3.05) is 0 Å². The Morgan fingerprint density at radius 1 is 1.50 bits per heavy atom. The molecule has 2 N–H and O–H groups in total. The third-order valence-corrected chi connectivity index (χ3v) is 2.40. The lowest BCUT2D eigenvalue weighted by Crippen LogP contribution is -2.37. The molecule has 1 aliphatic carbocycles. The Hall–Kier alpha value is -0.0800. The first-order chi connectivity index (χ1) is 4.51. The molecule has 0 aromatic carbocycles. The lowest BCUT2D eigenvalue weighted by Gasteiger charge is -2.35. The highest BCUT2D eigenvalue weighted by molar-refractivity contribution is 4.84. The highest BCUT2D eigenvalue weighted by atomic mass is 16.3. The summed E-state index contributed by atoms with van der Waals surface area (Å²) in [5.41, 5.74) is -0.529. The molecule has 0 radical (unpaired) electrons. The van der Waals surface area contributed by atoms with Gasteiger partial charge in [-0.1, -0.05) is 6.92 Å². The minimum Gasteiger partial charge on any atom is -0.393 e. The Morgan fingerprint density at radius 3 is 2.50 bits per heavy atom. The van der Waals surface area contributed by atoms with Crippen molar-refractivity contribution >= 4 is 0 Å². The molecule has 2 nitrogen and oxygen atoms in total. The van der Waals surface area contributed by atoms with Crippen LogP contribution >= 0.6 is 0 Å². The lowest BCUT2D eigenvalue weighted by atomic mass is 9.78. The van der Waals surface area contributed by atoms with Crippen LogP contribution in [0.25, 0.3) is 0 Å². The van der Waals surface area contributed by atoms with E-state index in [1.165, 1.54) is 0 Å². The van der Waals surface area contributed by atoms with Crippen molar-refractivity contribution in [1.82, 2.24) is 0 Å². The Bertz CT molecular complexity index is 120. The molecule has 1 fully saturated rings. The number of hydrogen-bond donors (Lipinski definition) is 2. The van der Waals surface area contributed by atoms with E-state index < -0.39 is 5.60 Å². The topological polar surface area (TPSA) is 40.5 Å². The van der Waals surface area contributed by atoms with Crippen LogP contribution in [0.1, 0.15) is 33.1 Å². The van der Waals surface area contributed by atoms with E-state index >= 15 is 0 Å². The highest BCUT2D eigenvalue weighted by Gasteiger charge is 2.32. The van der Waals surface area contributed by atoms with Gasteiger partial charge in [-0.05, 0) is 32.1 Å². The van der Waals surface area contributed by atoms with Crippen LogP contribution in [0, 0.1) is 5.92 Å². The fourth-order valence-corrected chi connectivity index (χ4v) is 1.68. The Balaban J connectivity index is 2.49. The first-order valence-electron chi connectivity index (χ1n) is 3.92. The summed E-state index contributed by atoms with van der Waals surface area (Å²) >= 11 is 0. The van der Waals surface area contributed by atoms with Crippen molar-refractivity contribution in [3.05, 3.63) is 0 Å². The van der Waals surface area contributed by atoms with Gasteiger partial charge in [0, 0.05) is 0 Å². The van der Waals surface area contributed by atoms with Crippen LogP contribution in [0.5, 0.6) is 0 Å². The highest BCUT2D eigenvalue weighted by Crippen LogP contribution is 2.31. The van der Waals surface area contributed by atoms with E-state index in [0.717, 1.165) is 19.3 Å². The van der Waals surface area contributed by atoms with Crippen LogP contribution < -0.4 is 0 Å². The average Bonchev–Trinajstić information content (AvgIpc) is 1.79. The zero-order chi connectivity index (χ0) is 7.78. The molecule has 1 rings (SSSR count). The van der Waals surface area contributed by atoms with E-state index in [2.05, 4.69) is 0 Å². The molecular weight excluding hydrogens is 128 g/mol. The molecule has 0 spiro atoms. The molecule has 3 atom stereocenters. The summed E-state index contributed by atoms with van der Waals surface area (Å²) < 4.78 is 0. The minimum atomic E-state index is -0.529. The van der Waals surface area contributed by atoms with Crippen molar-refractivity contribution in [2.24, 2.45) is 5.92 Å². The molecule has 10 heavy (non-hydrogen) atoms. The summed E-state index contributed by atoms with van der Waals surface area (Å²) in [6.07, 6.45) is 2.01. The largest absolute Gasteiger partial charge is 0.393 e. The predicted molar refractivity (Wildman–Crippen MR) is 39.6 cm³/mol. The zero-order valence-electron chi connectivity index (χ0n) is 6.67. The van der Waals surface area contributed by atoms with Crippen molar-refractivity contribution in [3.63, 3.8) is 0 Å². The predicted octanol–water partition coefficient (Wildman–Crippen LogP) is 0.918. The second-order valence-corrected chi connectivity index (χ2v) is 3.78. The molecule has 1 unspecified atom stereocenters. The van der Waals surface area contributed by atoms with Crippen molar-refractivity contribution in [2.45, 2.75) is 44.8 Å². The molecule has 0 bridgehead atoms. The zero-order valence-corrected chi connectivity index (χ0v) is 6.67. The van der Waals surface area contributed by atoms with Gasteiger partial charge in [0.2, 0.25) is 0 Å². The third kappa shape index (κ3) is 1.70. The van der Waals surface area contributed by atoms with Gasteiger partial charge in [0.1, 0.15) is 0 Å². The Labute approximate surface area is 61.9 Å². The first kappa shape index (κ1) is 8.02. The van der Waals surface area contributed by atoms with Gasteiger partial charge in [0.25, 0.3) is 0 Å². The SMILES string of the molecule is CC1C[C@](C)(O)CC[C@@H]1O. The van der Waals surface area contributed by atoms with Gasteiger partial charge in [0.05, 0.1) is 11.7 Å². The van der Waals surface area contributed by atoms with E-state index in [-0.39, 0.29) is 12.0 Å². The third-order valence-electron chi connectivity index (χ3n) is 2.40. The fraction of sp³-hybridized carbons (Fsp3) is 1.00. The van der Waals surface area contributed by atoms with Crippen molar-refractivity contribution in [1.29, 1.82) is 0 Å². The quantitative estimate of drug-likeness (QED) is 0.530. The summed E-state index contributed by atoms with van der Waals surface area (Å²) in [5.74, 6) is 0.253. The van der Waals surface area contributed by atoms with E-state index in [0.29, 0.717) is 0 Å². The molecule has 0 saturated heterocycles. The molecule has 1 aliphatic rings. The molecule has 2 heteroatoms. The second-order valence-electron chi connectivity index (χ2n) is 3.78. The van der Waals surface area contributed by atoms with Crippen LogP contribution in [-0.2, 0) is 0 Å². The van der Waals surface area contributed by atoms with E-state index in [4.69, 9.17) is 0 Å². The molecule has 60 valence electrons. The van der Waals surface area contributed by atoms with Gasteiger partial charge in [0.15, 0.2) is 0 Å². The van der Waals surface area contributed by atoms with E-state index in [1.807, 2.05) is 13.8 Å². The molecule has 0 aromatic rings. The monoisotopic (exact) mass is 144 g/mol. The van der Waals surface area contributed by atoms with Crippen molar-refractivity contribution in [3.8, 4) is 0 Å². The van der Waals surface area contributed by atoms with Crippen LogP contribution in [0.3, 0.4) is 0 Å². The molecule has 0 heterocycles. The van der Waals surface area contributed by atoms with Gasteiger partial charge < -0.3 is 10.2 Å². The standard InChI is InChI=1S/C8H16O2/c1-6-5-8(2,10)4-3-7(6)9/h6-7,9-10H,3-5H2,1-2H3/t6?,7-,8+/m0/s1. The van der Waals surface area contributed by atoms with Crippen LogP contribution in [-0.4, -0.2) is 21.9 Å². The molecule has 0 amide bonds. The first-order valence-corrected chi connectivity index (χ1v) is 3.92. The normalized spacial score (nSPS) is 49.2. The summed E-state index contributed by atoms with van der Waals surface area (Å²) in [5, 5.41) is 18.9. The van der Waals surface area contributed by atoms with Gasteiger partial charge in [-0.15, -0.1) is 0 Å². The van der Waals surface area contributed by atoms with Gasteiger partial charge in [-0.25, -0.2) is 0 Å². The maximum Gasteiger partial charge on any atom is 0.0624 e. The number of hydrogen-bond acceptors (Lipinski definition) is 2.